The fourth-order valence-electron chi connectivity index (χ4n) is 3.26. The van der Waals surface area contributed by atoms with Crippen molar-refractivity contribution in [3.63, 3.8) is 0 Å². The Morgan fingerprint density at radius 3 is 2.96 bits per heavy atom. The maximum Gasteiger partial charge on any atom is 0.216 e. The number of hydrogen-bond acceptors (Lipinski definition) is 4. The molecular weight excluding hydrogens is 325 g/mol. The van der Waals surface area contributed by atoms with Crippen molar-refractivity contribution in [2.45, 2.75) is 43.7 Å². The van der Waals surface area contributed by atoms with Crippen LogP contribution in [0.1, 0.15) is 49.0 Å². The Kier molecular flexibility index (Phi) is 5.15. The van der Waals surface area contributed by atoms with Crippen molar-refractivity contribution in [2.24, 2.45) is 7.05 Å². The van der Waals surface area contributed by atoms with Crippen LogP contribution in [0, 0.1) is 5.82 Å². The molecule has 2 aromatic rings. The smallest absolute Gasteiger partial charge is 0.216 e. The lowest BCUT2D eigenvalue weighted by molar-refractivity contribution is 0.366. The molecule has 1 aromatic carbocycles. The standard InChI is InChI=1S/C18H24FN3OS/c1-11(2)17-14(18(23-4)22(3)21-17)10-20-15-7-8-24-16-6-5-12(19)9-13(15)16/h5-6,9,11,15,20H,7-8,10H2,1-4H3/t15-/m1/s1. The monoisotopic (exact) mass is 349 g/mol. The molecule has 3 rings (SSSR count). The predicted octanol–water partition coefficient (Wildman–Crippen LogP) is 4.02. The van der Waals surface area contributed by atoms with Gasteiger partial charge in [-0.05, 0) is 41.9 Å². The van der Waals surface area contributed by atoms with E-state index in [-0.39, 0.29) is 11.9 Å². The third-order valence-electron chi connectivity index (χ3n) is 4.40. The summed E-state index contributed by atoms with van der Waals surface area (Å²) in [6.45, 7) is 4.93. The molecule has 0 spiro atoms. The molecule has 2 heterocycles. The minimum Gasteiger partial charge on any atom is -0.481 e. The number of fused-ring (bicyclic) bond motifs is 1. The number of methoxy groups -OCH3 is 1. The van der Waals surface area contributed by atoms with Gasteiger partial charge in [0.05, 0.1) is 18.4 Å². The number of aryl methyl sites for hydroxylation is 1. The molecule has 1 aliphatic heterocycles. The summed E-state index contributed by atoms with van der Waals surface area (Å²) in [7, 11) is 3.57. The van der Waals surface area contributed by atoms with Gasteiger partial charge in [-0.15, -0.1) is 11.8 Å². The number of thioether (sulfide) groups is 1. The second-order valence-electron chi connectivity index (χ2n) is 6.40. The number of halogens is 1. The van der Waals surface area contributed by atoms with Gasteiger partial charge in [0.15, 0.2) is 0 Å². The number of ether oxygens (including phenoxy) is 1. The van der Waals surface area contributed by atoms with Crippen molar-refractivity contribution in [2.75, 3.05) is 12.9 Å². The van der Waals surface area contributed by atoms with Crippen molar-refractivity contribution in [3.05, 3.63) is 40.8 Å². The maximum absolute atomic E-state index is 13.7. The summed E-state index contributed by atoms with van der Waals surface area (Å²) < 4.78 is 21.0. The summed E-state index contributed by atoms with van der Waals surface area (Å²) in [5, 5.41) is 8.18. The van der Waals surface area contributed by atoms with Gasteiger partial charge in [0, 0.05) is 24.5 Å². The molecule has 0 radical (unpaired) electrons. The first-order valence-electron chi connectivity index (χ1n) is 8.26. The molecule has 1 N–H and O–H groups in total. The topological polar surface area (TPSA) is 39.1 Å². The molecule has 130 valence electrons. The second-order valence-corrected chi connectivity index (χ2v) is 7.54. The first kappa shape index (κ1) is 17.3. The second kappa shape index (κ2) is 7.15. The van der Waals surface area contributed by atoms with Crippen molar-refractivity contribution in [1.29, 1.82) is 0 Å². The number of nitrogens with zero attached hydrogens (tertiary/aromatic N) is 2. The van der Waals surface area contributed by atoms with E-state index in [9.17, 15) is 4.39 Å². The molecular formula is C18H24FN3OS. The zero-order chi connectivity index (χ0) is 17.3. The van der Waals surface area contributed by atoms with Crippen molar-refractivity contribution < 1.29 is 9.13 Å². The Labute approximate surface area is 146 Å². The minimum absolute atomic E-state index is 0.155. The van der Waals surface area contributed by atoms with Gasteiger partial charge in [0.25, 0.3) is 0 Å². The molecule has 0 aliphatic carbocycles. The van der Waals surface area contributed by atoms with E-state index in [1.165, 1.54) is 11.0 Å². The summed E-state index contributed by atoms with van der Waals surface area (Å²) in [6, 6.07) is 5.23. The number of benzene rings is 1. The van der Waals surface area contributed by atoms with E-state index in [1.54, 1.807) is 29.6 Å². The Hall–Kier alpha value is -1.53. The highest BCUT2D eigenvalue weighted by Crippen LogP contribution is 2.37. The summed E-state index contributed by atoms with van der Waals surface area (Å²) in [4.78, 5) is 1.17. The molecule has 24 heavy (non-hydrogen) atoms. The zero-order valence-electron chi connectivity index (χ0n) is 14.6. The summed E-state index contributed by atoms with van der Waals surface area (Å²) in [5.74, 6) is 1.97. The van der Waals surface area contributed by atoms with Crippen LogP contribution in [0.25, 0.3) is 0 Å². The van der Waals surface area contributed by atoms with E-state index in [2.05, 4.69) is 24.3 Å². The largest absolute Gasteiger partial charge is 0.481 e. The van der Waals surface area contributed by atoms with Crippen LogP contribution in [-0.4, -0.2) is 22.6 Å². The molecule has 1 aliphatic rings. The summed E-state index contributed by atoms with van der Waals surface area (Å²) in [5.41, 5.74) is 3.19. The first-order chi connectivity index (χ1) is 11.5. The Morgan fingerprint density at radius 2 is 2.25 bits per heavy atom. The van der Waals surface area contributed by atoms with Crippen LogP contribution in [-0.2, 0) is 13.6 Å². The number of nitrogens with one attached hydrogen (secondary N) is 1. The van der Waals surface area contributed by atoms with Crippen LogP contribution >= 0.6 is 11.8 Å². The van der Waals surface area contributed by atoms with Gasteiger partial charge in [0.1, 0.15) is 5.82 Å². The molecule has 0 amide bonds. The molecule has 0 fully saturated rings. The van der Waals surface area contributed by atoms with E-state index in [0.717, 1.165) is 34.9 Å². The van der Waals surface area contributed by atoms with Gasteiger partial charge in [-0.3, -0.25) is 0 Å². The Morgan fingerprint density at radius 1 is 1.46 bits per heavy atom. The van der Waals surface area contributed by atoms with Crippen LogP contribution in [0.4, 0.5) is 4.39 Å². The van der Waals surface area contributed by atoms with E-state index in [1.807, 2.05) is 13.1 Å². The lowest BCUT2D eigenvalue weighted by atomic mass is 10.0. The van der Waals surface area contributed by atoms with Crippen LogP contribution in [0.3, 0.4) is 0 Å². The molecule has 6 heteroatoms. The number of hydrogen-bond donors (Lipinski definition) is 1. The van der Waals surface area contributed by atoms with Crippen molar-refractivity contribution in [1.82, 2.24) is 15.1 Å². The molecule has 0 unspecified atom stereocenters. The van der Waals surface area contributed by atoms with Gasteiger partial charge in [-0.25, -0.2) is 9.07 Å². The third-order valence-corrected chi connectivity index (χ3v) is 5.52. The fraction of sp³-hybridized carbons (Fsp3) is 0.500. The van der Waals surface area contributed by atoms with Gasteiger partial charge in [-0.1, -0.05) is 13.8 Å². The molecule has 1 atom stereocenters. The van der Waals surface area contributed by atoms with E-state index in [0.29, 0.717) is 12.5 Å². The fourth-order valence-corrected chi connectivity index (χ4v) is 4.37. The SMILES string of the molecule is COc1c(CN[C@@H]2CCSc3ccc(F)cc32)c(C(C)C)nn1C. The van der Waals surface area contributed by atoms with Crippen molar-refractivity contribution >= 4 is 11.8 Å². The van der Waals surface area contributed by atoms with Crippen molar-refractivity contribution in [3.8, 4) is 5.88 Å². The van der Waals surface area contributed by atoms with Gasteiger partial charge >= 0.3 is 0 Å². The van der Waals surface area contributed by atoms with Crippen LogP contribution in [0.2, 0.25) is 0 Å². The Balaban J connectivity index is 1.84. The molecule has 0 bridgehead atoms. The van der Waals surface area contributed by atoms with Crippen LogP contribution < -0.4 is 10.1 Å². The lowest BCUT2D eigenvalue weighted by Gasteiger charge is -2.26. The summed E-state index contributed by atoms with van der Waals surface area (Å²) in [6.07, 6.45) is 0.987. The maximum atomic E-state index is 13.7. The van der Waals surface area contributed by atoms with Crippen LogP contribution in [0.15, 0.2) is 23.1 Å². The highest BCUT2D eigenvalue weighted by molar-refractivity contribution is 7.99. The normalized spacial score (nSPS) is 17.2. The average Bonchev–Trinajstić information content (AvgIpc) is 2.88. The van der Waals surface area contributed by atoms with Gasteiger partial charge in [-0.2, -0.15) is 5.10 Å². The zero-order valence-corrected chi connectivity index (χ0v) is 15.4. The third kappa shape index (κ3) is 3.30. The predicted molar refractivity (Wildman–Crippen MR) is 95.2 cm³/mol. The molecule has 0 saturated carbocycles. The minimum atomic E-state index is -0.176. The highest BCUT2D eigenvalue weighted by atomic mass is 32.2. The number of aromatic nitrogens is 2. The van der Waals surface area contributed by atoms with Crippen LogP contribution in [0.5, 0.6) is 5.88 Å². The van der Waals surface area contributed by atoms with Gasteiger partial charge in [0.2, 0.25) is 5.88 Å². The summed E-state index contributed by atoms with van der Waals surface area (Å²) >= 11 is 1.79. The average molecular weight is 349 g/mol. The molecule has 4 nitrogen and oxygen atoms in total. The lowest BCUT2D eigenvalue weighted by Crippen LogP contribution is -2.25. The van der Waals surface area contributed by atoms with E-state index >= 15 is 0 Å². The quantitative estimate of drug-likeness (QED) is 0.885. The molecule has 1 aromatic heterocycles. The van der Waals surface area contributed by atoms with Gasteiger partial charge < -0.3 is 10.1 Å². The van der Waals surface area contributed by atoms with E-state index < -0.39 is 0 Å². The highest BCUT2D eigenvalue weighted by Gasteiger charge is 2.24. The Bertz CT molecular complexity index is 729. The first-order valence-corrected chi connectivity index (χ1v) is 9.25. The number of rotatable bonds is 5. The molecule has 0 saturated heterocycles. The van der Waals surface area contributed by atoms with E-state index in [4.69, 9.17) is 4.74 Å².